The highest BCUT2D eigenvalue weighted by Gasteiger charge is 1.96. The van der Waals surface area contributed by atoms with Crippen molar-refractivity contribution in [1.29, 1.82) is 0 Å². The standard InChI is InChI=1S/C14H24N/c1-3-4-5-6-7-8-9-14-10-12-15(2)13-11-14/h10-13H,3-9H2,1-2H3/q+1. The Labute approximate surface area is 94.1 Å². The van der Waals surface area contributed by atoms with E-state index >= 15 is 0 Å². The van der Waals surface area contributed by atoms with Gasteiger partial charge in [0, 0.05) is 12.1 Å². The SMILES string of the molecule is CCCCCCCCc1cc[n+](C)cc1. The lowest BCUT2D eigenvalue weighted by molar-refractivity contribution is -0.671. The molecule has 15 heavy (non-hydrogen) atoms. The number of aromatic nitrogens is 1. The van der Waals surface area contributed by atoms with Gasteiger partial charge in [0.1, 0.15) is 7.05 Å². The third kappa shape index (κ3) is 5.56. The highest BCUT2D eigenvalue weighted by atomic mass is 14.9. The summed E-state index contributed by atoms with van der Waals surface area (Å²) in [5.74, 6) is 0. The molecular formula is C14H24N+. The minimum Gasteiger partial charge on any atom is -0.208 e. The van der Waals surface area contributed by atoms with Crippen molar-refractivity contribution in [2.24, 2.45) is 7.05 Å². The maximum Gasteiger partial charge on any atom is 0.168 e. The molecule has 0 amide bonds. The molecule has 0 aliphatic carbocycles. The van der Waals surface area contributed by atoms with Gasteiger partial charge < -0.3 is 0 Å². The van der Waals surface area contributed by atoms with Crippen LogP contribution in [0.25, 0.3) is 0 Å². The van der Waals surface area contributed by atoms with Crippen molar-refractivity contribution in [1.82, 2.24) is 0 Å². The van der Waals surface area contributed by atoms with Gasteiger partial charge in [-0.2, -0.15) is 0 Å². The van der Waals surface area contributed by atoms with E-state index in [1.165, 1.54) is 50.5 Å². The van der Waals surface area contributed by atoms with Crippen molar-refractivity contribution >= 4 is 0 Å². The predicted molar refractivity (Wildman–Crippen MR) is 64.7 cm³/mol. The van der Waals surface area contributed by atoms with Crippen molar-refractivity contribution in [3.8, 4) is 0 Å². The van der Waals surface area contributed by atoms with E-state index in [4.69, 9.17) is 0 Å². The van der Waals surface area contributed by atoms with Gasteiger partial charge in [-0.1, -0.05) is 39.0 Å². The summed E-state index contributed by atoms with van der Waals surface area (Å²) < 4.78 is 2.09. The van der Waals surface area contributed by atoms with Gasteiger partial charge in [-0.3, -0.25) is 0 Å². The first kappa shape index (κ1) is 12.2. The van der Waals surface area contributed by atoms with Gasteiger partial charge in [0.15, 0.2) is 12.4 Å². The number of hydrogen-bond acceptors (Lipinski definition) is 0. The van der Waals surface area contributed by atoms with Crippen LogP contribution in [0.15, 0.2) is 24.5 Å². The van der Waals surface area contributed by atoms with E-state index < -0.39 is 0 Å². The topological polar surface area (TPSA) is 3.88 Å². The average Bonchev–Trinajstić information content (AvgIpc) is 2.26. The first-order chi connectivity index (χ1) is 7.33. The van der Waals surface area contributed by atoms with Crippen LogP contribution >= 0.6 is 0 Å². The molecule has 1 nitrogen and oxygen atoms in total. The predicted octanol–water partition coefficient (Wildman–Crippen LogP) is 3.41. The van der Waals surface area contributed by atoms with Crippen LogP contribution < -0.4 is 4.57 Å². The summed E-state index contributed by atoms with van der Waals surface area (Å²) in [6.07, 6.45) is 13.8. The summed E-state index contributed by atoms with van der Waals surface area (Å²) in [7, 11) is 2.06. The van der Waals surface area contributed by atoms with Crippen LogP contribution in [-0.4, -0.2) is 0 Å². The van der Waals surface area contributed by atoms with E-state index in [1.54, 1.807) is 0 Å². The fourth-order valence-corrected chi connectivity index (χ4v) is 1.81. The molecule has 1 heteroatoms. The van der Waals surface area contributed by atoms with Gasteiger partial charge in [-0.15, -0.1) is 0 Å². The molecule has 1 rings (SSSR count). The Kier molecular flexibility index (Phi) is 6.06. The Bertz CT molecular complexity index is 251. The molecule has 0 aromatic carbocycles. The van der Waals surface area contributed by atoms with Crippen LogP contribution in [0.5, 0.6) is 0 Å². The molecule has 0 fully saturated rings. The van der Waals surface area contributed by atoms with E-state index in [2.05, 4.69) is 43.1 Å². The molecule has 1 aromatic heterocycles. The molecule has 0 atom stereocenters. The van der Waals surface area contributed by atoms with Crippen LogP contribution in [-0.2, 0) is 13.5 Å². The minimum atomic E-state index is 1.24. The number of nitrogens with zero attached hydrogens (tertiary/aromatic N) is 1. The summed E-state index contributed by atoms with van der Waals surface area (Å²) in [5.41, 5.74) is 1.48. The van der Waals surface area contributed by atoms with E-state index in [0.717, 1.165) is 0 Å². The zero-order valence-electron chi connectivity index (χ0n) is 10.2. The number of unbranched alkanes of at least 4 members (excludes halogenated alkanes) is 5. The maximum atomic E-state index is 2.27. The number of hydrogen-bond donors (Lipinski definition) is 0. The van der Waals surface area contributed by atoms with E-state index in [0.29, 0.717) is 0 Å². The molecule has 0 spiro atoms. The Morgan fingerprint density at radius 1 is 0.933 bits per heavy atom. The van der Waals surface area contributed by atoms with Gasteiger partial charge in [0.25, 0.3) is 0 Å². The quantitative estimate of drug-likeness (QED) is 0.475. The van der Waals surface area contributed by atoms with Gasteiger partial charge in [0.2, 0.25) is 0 Å². The number of pyridine rings is 1. The Hall–Kier alpha value is -0.850. The highest BCUT2D eigenvalue weighted by Crippen LogP contribution is 2.08. The fraction of sp³-hybridized carbons (Fsp3) is 0.643. The van der Waals surface area contributed by atoms with Crippen LogP contribution in [0.2, 0.25) is 0 Å². The molecule has 0 aliphatic heterocycles. The first-order valence-corrected chi connectivity index (χ1v) is 6.27. The second kappa shape index (κ2) is 7.44. The van der Waals surface area contributed by atoms with Crippen LogP contribution in [0.4, 0.5) is 0 Å². The van der Waals surface area contributed by atoms with Crippen LogP contribution in [0.1, 0.15) is 51.0 Å². The molecule has 0 N–H and O–H groups in total. The lowest BCUT2D eigenvalue weighted by Gasteiger charge is -2.00. The van der Waals surface area contributed by atoms with Gasteiger partial charge in [0.05, 0.1) is 0 Å². The summed E-state index contributed by atoms with van der Waals surface area (Å²) in [6.45, 7) is 2.27. The zero-order valence-corrected chi connectivity index (χ0v) is 10.2. The summed E-state index contributed by atoms with van der Waals surface area (Å²) in [4.78, 5) is 0. The molecule has 84 valence electrons. The monoisotopic (exact) mass is 206 g/mol. The second-order valence-electron chi connectivity index (χ2n) is 4.39. The average molecular weight is 206 g/mol. The molecule has 1 heterocycles. The smallest absolute Gasteiger partial charge is 0.168 e. The van der Waals surface area contributed by atoms with E-state index in [-0.39, 0.29) is 0 Å². The lowest BCUT2D eigenvalue weighted by Crippen LogP contribution is -2.25. The van der Waals surface area contributed by atoms with Crippen LogP contribution in [0, 0.1) is 0 Å². The van der Waals surface area contributed by atoms with Gasteiger partial charge in [-0.25, -0.2) is 4.57 Å². The molecule has 0 saturated carbocycles. The third-order valence-electron chi connectivity index (χ3n) is 2.87. The van der Waals surface area contributed by atoms with Crippen molar-refractivity contribution in [3.63, 3.8) is 0 Å². The molecular weight excluding hydrogens is 182 g/mol. The van der Waals surface area contributed by atoms with E-state index in [9.17, 15) is 0 Å². The summed E-state index contributed by atoms with van der Waals surface area (Å²) >= 11 is 0. The molecule has 0 radical (unpaired) electrons. The summed E-state index contributed by atoms with van der Waals surface area (Å²) in [5, 5.41) is 0. The molecule has 0 saturated heterocycles. The molecule has 1 aromatic rings. The number of aryl methyl sites for hydroxylation is 2. The molecule has 0 bridgehead atoms. The van der Waals surface area contributed by atoms with Gasteiger partial charge >= 0.3 is 0 Å². The minimum absolute atomic E-state index is 1.24. The van der Waals surface area contributed by atoms with Gasteiger partial charge in [-0.05, 0) is 18.4 Å². The van der Waals surface area contributed by atoms with Crippen molar-refractivity contribution in [3.05, 3.63) is 30.1 Å². The largest absolute Gasteiger partial charge is 0.208 e. The number of rotatable bonds is 7. The second-order valence-corrected chi connectivity index (χ2v) is 4.39. The highest BCUT2D eigenvalue weighted by molar-refractivity contribution is 5.06. The van der Waals surface area contributed by atoms with Crippen molar-refractivity contribution in [2.45, 2.75) is 51.9 Å². The molecule has 0 aliphatic rings. The fourth-order valence-electron chi connectivity index (χ4n) is 1.81. The maximum absolute atomic E-state index is 2.27. The van der Waals surface area contributed by atoms with Crippen molar-refractivity contribution in [2.75, 3.05) is 0 Å². The normalized spacial score (nSPS) is 10.5. The zero-order chi connectivity index (χ0) is 10.9. The van der Waals surface area contributed by atoms with Crippen LogP contribution in [0.3, 0.4) is 0 Å². The van der Waals surface area contributed by atoms with Crippen molar-refractivity contribution < 1.29 is 4.57 Å². The summed E-state index contributed by atoms with van der Waals surface area (Å²) in [6, 6.07) is 4.46. The Morgan fingerprint density at radius 2 is 1.53 bits per heavy atom. The molecule has 0 unspecified atom stereocenters. The first-order valence-electron chi connectivity index (χ1n) is 6.27. The Balaban J connectivity index is 2.07. The Morgan fingerprint density at radius 3 is 2.20 bits per heavy atom. The van der Waals surface area contributed by atoms with E-state index in [1.807, 2.05) is 0 Å². The lowest BCUT2D eigenvalue weighted by atomic mass is 10.1. The third-order valence-corrected chi connectivity index (χ3v) is 2.87.